The monoisotopic (exact) mass is 128 g/mol. The third-order valence-electron chi connectivity index (χ3n) is 2.35. The summed E-state index contributed by atoms with van der Waals surface area (Å²) in [7, 11) is 0. The zero-order chi connectivity index (χ0) is 6.10. The Labute approximate surface area is 55.1 Å². The number of hydrogen-bond acceptors (Lipinski definition) is 2. The molecule has 2 heteroatoms. The van der Waals surface area contributed by atoms with Crippen molar-refractivity contribution in [2.75, 3.05) is 6.61 Å². The molecule has 2 fully saturated rings. The first-order chi connectivity index (χ1) is 4.47. The maximum Gasteiger partial charge on any atom is 0.0958 e. The van der Waals surface area contributed by atoms with Crippen LogP contribution in [0.5, 0.6) is 0 Å². The Hall–Kier alpha value is -0.0800. The summed E-state index contributed by atoms with van der Waals surface area (Å²) in [5.41, 5.74) is 0. The molecule has 9 heavy (non-hydrogen) atoms. The zero-order valence-corrected chi connectivity index (χ0v) is 5.51. The second kappa shape index (κ2) is 2.27. The van der Waals surface area contributed by atoms with Crippen molar-refractivity contribution in [3.8, 4) is 0 Å². The summed E-state index contributed by atoms with van der Waals surface area (Å²) >= 11 is 0. The highest BCUT2D eigenvalue weighted by Gasteiger charge is 2.31. The van der Waals surface area contributed by atoms with Gasteiger partial charge in [-0.05, 0) is 25.2 Å². The molecule has 1 saturated carbocycles. The van der Waals surface area contributed by atoms with E-state index in [0.29, 0.717) is 6.10 Å². The Kier molecular flexibility index (Phi) is 1.44. The van der Waals surface area contributed by atoms with Crippen molar-refractivity contribution < 1.29 is 9.78 Å². The number of hydrogen-bond donors (Lipinski definition) is 0. The van der Waals surface area contributed by atoms with Gasteiger partial charge in [0.2, 0.25) is 0 Å². The number of rotatable bonds is 0. The highest BCUT2D eigenvalue weighted by atomic mass is 17.2. The molecule has 2 atom stereocenters. The van der Waals surface area contributed by atoms with E-state index in [0.717, 1.165) is 12.5 Å². The van der Waals surface area contributed by atoms with Crippen LogP contribution in [0.2, 0.25) is 0 Å². The Balaban J connectivity index is 1.97. The number of fused-ring (bicyclic) bond motifs is 1. The largest absolute Gasteiger partial charge is 0.236 e. The van der Waals surface area contributed by atoms with Crippen molar-refractivity contribution in [2.45, 2.75) is 31.8 Å². The standard InChI is InChI=1S/C7H12O2/c1-2-6-4-5-8-9-7(6)3-1/h6-7H,1-5H2. The second-order valence-electron chi connectivity index (χ2n) is 2.94. The Morgan fingerprint density at radius 3 is 3.00 bits per heavy atom. The van der Waals surface area contributed by atoms with E-state index in [1.54, 1.807) is 0 Å². The topological polar surface area (TPSA) is 18.5 Å². The minimum Gasteiger partial charge on any atom is -0.236 e. The maximum atomic E-state index is 5.10. The lowest BCUT2D eigenvalue weighted by atomic mass is 10.0. The predicted molar refractivity (Wildman–Crippen MR) is 32.8 cm³/mol. The molecule has 1 saturated heterocycles. The molecule has 2 nitrogen and oxygen atoms in total. The van der Waals surface area contributed by atoms with Gasteiger partial charge in [-0.1, -0.05) is 6.42 Å². The van der Waals surface area contributed by atoms with Gasteiger partial charge in [-0.3, -0.25) is 0 Å². The van der Waals surface area contributed by atoms with Gasteiger partial charge in [-0.25, -0.2) is 9.78 Å². The van der Waals surface area contributed by atoms with Gasteiger partial charge < -0.3 is 0 Å². The van der Waals surface area contributed by atoms with E-state index in [1.165, 1.54) is 25.7 Å². The fourth-order valence-corrected chi connectivity index (χ4v) is 1.79. The molecule has 1 aliphatic carbocycles. The molecule has 2 unspecified atom stereocenters. The summed E-state index contributed by atoms with van der Waals surface area (Å²) in [5, 5.41) is 0. The average molecular weight is 128 g/mol. The first kappa shape index (κ1) is 5.69. The van der Waals surface area contributed by atoms with Crippen LogP contribution in [0.3, 0.4) is 0 Å². The van der Waals surface area contributed by atoms with Crippen LogP contribution in [-0.2, 0) is 9.78 Å². The quantitative estimate of drug-likeness (QED) is 0.460. The minimum absolute atomic E-state index is 0.443. The van der Waals surface area contributed by atoms with Gasteiger partial charge >= 0.3 is 0 Å². The highest BCUT2D eigenvalue weighted by Crippen LogP contribution is 2.33. The van der Waals surface area contributed by atoms with Gasteiger partial charge in [0.1, 0.15) is 0 Å². The van der Waals surface area contributed by atoms with Gasteiger partial charge in [0.05, 0.1) is 12.7 Å². The summed E-state index contributed by atoms with van der Waals surface area (Å²) in [6.45, 7) is 0.807. The van der Waals surface area contributed by atoms with Crippen LogP contribution in [0.1, 0.15) is 25.7 Å². The van der Waals surface area contributed by atoms with Crippen molar-refractivity contribution >= 4 is 0 Å². The molecule has 0 amide bonds. The van der Waals surface area contributed by atoms with Gasteiger partial charge in [0.15, 0.2) is 0 Å². The summed E-state index contributed by atoms with van der Waals surface area (Å²) in [5.74, 6) is 0.818. The van der Waals surface area contributed by atoms with E-state index < -0.39 is 0 Å². The molecule has 1 heterocycles. The minimum atomic E-state index is 0.443. The molecule has 0 aromatic rings. The fraction of sp³-hybridized carbons (Fsp3) is 1.00. The van der Waals surface area contributed by atoms with Crippen LogP contribution >= 0.6 is 0 Å². The molecule has 52 valence electrons. The van der Waals surface area contributed by atoms with Gasteiger partial charge in [-0.2, -0.15) is 0 Å². The molecule has 0 N–H and O–H groups in total. The predicted octanol–water partition coefficient (Wildman–Crippen LogP) is 1.51. The normalized spacial score (nSPS) is 42.7. The lowest BCUT2D eigenvalue weighted by molar-refractivity contribution is -0.353. The molecule has 0 radical (unpaired) electrons. The average Bonchev–Trinajstić information content (AvgIpc) is 2.33. The molecule has 1 aliphatic heterocycles. The fourth-order valence-electron chi connectivity index (χ4n) is 1.79. The highest BCUT2D eigenvalue weighted by molar-refractivity contribution is 4.78. The summed E-state index contributed by atoms with van der Waals surface area (Å²) in [4.78, 5) is 9.99. The van der Waals surface area contributed by atoms with Crippen LogP contribution < -0.4 is 0 Å². The lowest BCUT2D eigenvalue weighted by Crippen LogP contribution is -2.25. The van der Waals surface area contributed by atoms with E-state index >= 15 is 0 Å². The summed E-state index contributed by atoms with van der Waals surface area (Å²) < 4.78 is 0. The van der Waals surface area contributed by atoms with Crippen LogP contribution in [-0.4, -0.2) is 12.7 Å². The smallest absolute Gasteiger partial charge is 0.0958 e. The first-order valence-electron chi connectivity index (χ1n) is 3.75. The first-order valence-corrected chi connectivity index (χ1v) is 3.75. The lowest BCUT2D eigenvalue weighted by Gasteiger charge is -2.23. The molecule has 0 bridgehead atoms. The van der Waals surface area contributed by atoms with E-state index in [4.69, 9.17) is 9.78 Å². The summed E-state index contributed by atoms with van der Waals surface area (Å²) in [6, 6.07) is 0. The molecular formula is C7H12O2. The van der Waals surface area contributed by atoms with E-state index in [-0.39, 0.29) is 0 Å². The SMILES string of the molecule is C1CC2CCOOC2C1. The Bertz CT molecular complexity index is 91.1. The van der Waals surface area contributed by atoms with Crippen molar-refractivity contribution in [3.05, 3.63) is 0 Å². The Morgan fingerprint density at radius 2 is 2.11 bits per heavy atom. The molecule has 2 aliphatic rings. The van der Waals surface area contributed by atoms with Crippen molar-refractivity contribution in [1.82, 2.24) is 0 Å². The zero-order valence-electron chi connectivity index (χ0n) is 5.51. The van der Waals surface area contributed by atoms with E-state index in [9.17, 15) is 0 Å². The third kappa shape index (κ3) is 0.970. The van der Waals surface area contributed by atoms with Crippen molar-refractivity contribution in [1.29, 1.82) is 0 Å². The molecule has 2 rings (SSSR count). The van der Waals surface area contributed by atoms with Crippen LogP contribution in [0.15, 0.2) is 0 Å². The van der Waals surface area contributed by atoms with Crippen molar-refractivity contribution in [2.24, 2.45) is 5.92 Å². The Morgan fingerprint density at radius 1 is 1.11 bits per heavy atom. The second-order valence-corrected chi connectivity index (χ2v) is 2.94. The van der Waals surface area contributed by atoms with E-state index in [1.807, 2.05) is 0 Å². The van der Waals surface area contributed by atoms with E-state index in [2.05, 4.69) is 0 Å². The third-order valence-corrected chi connectivity index (χ3v) is 2.35. The molecule has 0 aromatic heterocycles. The van der Waals surface area contributed by atoms with Gasteiger partial charge in [-0.15, -0.1) is 0 Å². The van der Waals surface area contributed by atoms with Crippen LogP contribution in [0, 0.1) is 5.92 Å². The maximum absolute atomic E-state index is 5.10. The summed E-state index contributed by atoms with van der Waals surface area (Å²) in [6.07, 6.45) is 5.56. The van der Waals surface area contributed by atoms with Gasteiger partial charge in [0, 0.05) is 0 Å². The van der Waals surface area contributed by atoms with Crippen LogP contribution in [0.25, 0.3) is 0 Å². The molecular weight excluding hydrogens is 116 g/mol. The molecule has 0 spiro atoms. The van der Waals surface area contributed by atoms with Gasteiger partial charge in [0.25, 0.3) is 0 Å². The van der Waals surface area contributed by atoms with Crippen LogP contribution in [0.4, 0.5) is 0 Å². The van der Waals surface area contributed by atoms with Crippen molar-refractivity contribution in [3.63, 3.8) is 0 Å². The molecule has 0 aromatic carbocycles.